The van der Waals surface area contributed by atoms with Crippen molar-refractivity contribution in [2.75, 3.05) is 0 Å². The first-order valence-corrected chi connectivity index (χ1v) is 6.48. The summed E-state index contributed by atoms with van der Waals surface area (Å²) >= 11 is 1.24. The van der Waals surface area contributed by atoms with Crippen molar-refractivity contribution < 1.29 is 9.18 Å². The minimum absolute atomic E-state index is 0.303. The molecule has 0 aliphatic heterocycles. The molecule has 7 heteroatoms. The van der Waals surface area contributed by atoms with Gasteiger partial charge in [0.15, 0.2) is 11.0 Å². The Labute approximate surface area is 114 Å². The standard InChI is InChI=1S/C12H13FN4OS/c1-7(10(14)18)19-12-16-15-11(17(12)2)8-3-5-9(13)6-4-8/h3-7H,1-2H3,(H2,14,18)/t7-/m0/s1. The van der Waals surface area contributed by atoms with Crippen LogP contribution in [0.25, 0.3) is 11.4 Å². The van der Waals surface area contributed by atoms with Gasteiger partial charge >= 0.3 is 0 Å². The van der Waals surface area contributed by atoms with Crippen LogP contribution in [0.5, 0.6) is 0 Å². The first-order chi connectivity index (χ1) is 8.99. The maximum absolute atomic E-state index is 12.9. The number of nitrogens with two attached hydrogens (primary N) is 1. The van der Waals surface area contributed by atoms with Crippen LogP contribution in [0.15, 0.2) is 29.4 Å². The van der Waals surface area contributed by atoms with Gasteiger partial charge in [0.25, 0.3) is 0 Å². The molecule has 0 bridgehead atoms. The summed E-state index contributed by atoms with van der Waals surface area (Å²) in [6, 6.07) is 5.99. The number of thioether (sulfide) groups is 1. The lowest BCUT2D eigenvalue weighted by atomic mass is 10.2. The van der Waals surface area contributed by atoms with E-state index in [9.17, 15) is 9.18 Å². The largest absolute Gasteiger partial charge is 0.369 e. The van der Waals surface area contributed by atoms with Crippen molar-refractivity contribution in [1.82, 2.24) is 14.8 Å². The quantitative estimate of drug-likeness (QED) is 0.863. The van der Waals surface area contributed by atoms with Crippen LogP contribution in [0.1, 0.15) is 6.92 Å². The van der Waals surface area contributed by atoms with Crippen molar-refractivity contribution >= 4 is 17.7 Å². The molecule has 1 atom stereocenters. The average molecular weight is 280 g/mol. The van der Waals surface area contributed by atoms with Gasteiger partial charge < -0.3 is 10.3 Å². The molecule has 1 heterocycles. The summed E-state index contributed by atoms with van der Waals surface area (Å²) in [6.45, 7) is 1.71. The topological polar surface area (TPSA) is 73.8 Å². The highest BCUT2D eigenvalue weighted by molar-refractivity contribution is 8.00. The predicted molar refractivity (Wildman–Crippen MR) is 70.9 cm³/mol. The van der Waals surface area contributed by atoms with Crippen LogP contribution in [0, 0.1) is 5.82 Å². The Morgan fingerprint density at radius 2 is 2.00 bits per heavy atom. The fourth-order valence-corrected chi connectivity index (χ4v) is 2.25. The van der Waals surface area contributed by atoms with Crippen molar-refractivity contribution in [3.05, 3.63) is 30.1 Å². The van der Waals surface area contributed by atoms with Crippen molar-refractivity contribution in [2.45, 2.75) is 17.3 Å². The van der Waals surface area contributed by atoms with Crippen LogP contribution in [-0.4, -0.2) is 25.9 Å². The van der Waals surface area contributed by atoms with Crippen molar-refractivity contribution in [3.63, 3.8) is 0 Å². The van der Waals surface area contributed by atoms with Gasteiger partial charge in [0.2, 0.25) is 5.91 Å². The van der Waals surface area contributed by atoms with E-state index in [0.717, 1.165) is 5.56 Å². The monoisotopic (exact) mass is 280 g/mol. The first-order valence-electron chi connectivity index (χ1n) is 5.60. The molecule has 0 saturated carbocycles. The van der Waals surface area contributed by atoms with E-state index in [2.05, 4.69) is 10.2 Å². The van der Waals surface area contributed by atoms with E-state index in [0.29, 0.717) is 11.0 Å². The van der Waals surface area contributed by atoms with Gasteiger partial charge in [-0.15, -0.1) is 10.2 Å². The van der Waals surface area contributed by atoms with E-state index >= 15 is 0 Å². The van der Waals surface area contributed by atoms with Gasteiger partial charge in [0, 0.05) is 12.6 Å². The number of halogens is 1. The molecule has 0 fully saturated rings. The second-order valence-corrected chi connectivity index (χ2v) is 5.34. The SMILES string of the molecule is C[C@H](Sc1nnc(-c2ccc(F)cc2)n1C)C(N)=O. The zero-order chi connectivity index (χ0) is 14.0. The van der Waals surface area contributed by atoms with Crippen molar-refractivity contribution in [1.29, 1.82) is 0 Å². The summed E-state index contributed by atoms with van der Waals surface area (Å²) in [5, 5.41) is 8.26. The van der Waals surface area contributed by atoms with Gasteiger partial charge in [0.05, 0.1) is 5.25 Å². The first kappa shape index (κ1) is 13.5. The minimum atomic E-state index is -0.406. The third kappa shape index (κ3) is 2.93. The lowest BCUT2D eigenvalue weighted by molar-refractivity contribution is -0.117. The number of primary amides is 1. The molecule has 1 amide bonds. The molecule has 2 rings (SSSR count). The van der Waals surface area contributed by atoms with Crippen LogP contribution in [0.4, 0.5) is 4.39 Å². The number of carbonyl (C=O) groups excluding carboxylic acids is 1. The molecule has 100 valence electrons. The maximum Gasteiger partial charge on any atom is 0.230 e. The second-order valence-electron chi connectivity index (χ2n) is 4.03. The van der Waals surface area contributed by atoms with Gasteiger partial charge in [-0.05, 0) is 31.2 Å². The molecule has 0 radical (unpaired) electrons. The lowest BCUT2D eigenvalue weighted by Crippen LogP contribution is -2.22. The van der Waals surface area contributed by atoms with Gasteiger partial charge in [0.1, 0.15) is 5.82 Å². The third-order valence-electron chi connectivity index (χ3n) is 2.62. The van der Waals surface area contributed by atoms with E-state index in [1.807, 2.05) is 0 Å². The van der Waals surface area contributed by atoms with Crippen LogP contribution < -0.4 is 5.73 Å². The van der Waals surface area contributed by atoms with Crippen molar-refractivity contribution in [3.8, 4) is 11.4 Å². The fraction of sp³-hybridized carbons (Fsp3) is 0.250. The zero-order valence-electron chi connectivity index (χ0n) is 10.5. The second kappa shape index (κ2) is 5.40. The van der Waals surface area contributed by atoms with Gasteiger partial charge in [-0.1, -0.05) is 11.8 Å². The summed E-state index contributed by atoms with van der Waals surface area (Å²) in [4.78, 5) is 11.0. The number of carbonyl (C=O) groups is 1. The Bertz CT molecular complexity index is 596. The molecule has 2 aromatic rings. The van der Waals surface area contributed by atoms with Crippen LogP contribution in [0.2, 0.25) is 0 Å². The Morgan fingerprint density at radius 1 is 1.37 bits per heavy atom. The van der Waals surface area contributed by atoms with E-state index in [1.165, 1.54) is 23.9 Å². The lowest BCUT2D eigenvalue weighted by Gasteiger charge is -2.06. The number of rotatable bonds is 4. The smallest absolute Gasteiger partial charge is 0.230 e. The number of benzene rings is 1. The average Bonchev–Trinajstić information content (AvgIpc) is 2.72. The highest BCUT2D eigenvalue weighted by Gasteiger charge is 2.17. The Balaban J connectivity index is 2.27. The third-order valence-corrected chi connectivity index (χ3v) is 3.77. The Kier molecular flexibility index (Phi) is 3.84. The van der Waals surface area contributed by atoms with Gasteiger partial charge in [-0.25, -0.2) is 4.39 Å². The molecule has 0 spiro atoms. The fourth-order valence-electron chi connectivity index (χ4n) is 1.48. The maximum atomic E-state index is 12.9. The molecule has 1 aromatic heterocycles. The van der Waals surface area contributed by atoms with E-state index in [1.54, 1.807) is 30.7 Å². The number of amides is 1. The molecule has 2 N–H and O–H groups in total. The summed E-state index contributed by atoms with van der Waals surface area (Å²) in [5.74, 6) is -0.0987. The van der Waals surface area contributed by atoms with E-state index in [4.69, 9.17) is 5.73 Å². The minimum Gasteiger partial charge on any atom is -0.369 e. The van der Waals surface area contributed by atoms with Crippen molar-refractivity contribution in [2.24, 2.45) is 12.8 Å². The molecular weight excluding hydrogens is 267 g/mol. The number of hydrogen-bond acceptors (Lipinski definition) is 4. The van der Waals surface area contributed by atoms with Crippen LogP contribution >= 0.6 is 11.8 Å². The summed E-state index contributed by atoms with van der Waals surface area (Å²) < 4.78 is 14.6. The molecule has 1 aromatic carbocycles. The van der Waals surface area contributed by atoms with Crippen LogP contribution in [-0.2, 0) is 11.8 Å². The van der Waals surface area contributed by atoms with E-state index < -0.39 is 5.91 Å². The zero-order valence-corrected chi connectivity index (χ0v) is 11.3. The number of hydrogen-bond donors (Lipinski definition) is 1. The van der Waals surface area contributed by atoms with Gasteiger partial charge in [-0.2, -0.15) is 0 Å². The summed E-state index contributed by atoms with van der Waals surface area (Å²) in [7, 11) is 1.79. The molecule has 0 unspecified atom stereocenters. The molecular formula is C12H13FN4OS. The molecule has 19 heavy (non-hydrogen) atoms. The summed E-state index contributed by atoms with van der Waals surface area (Å²) in [5.41, 5.74) is 5.97. The van der Waals surface area contributed by atoms with E-state index in [-0.39, 0.29) is 11.1 Å². The molecule has 0 aliphatic carbocycles. The summed E-state index contributed by atoms with van der Waals surface area (Å²) in [6.07, 6.45) is 0. The highest BCUT2D eigenvalue weighted by atomic mass is 32.2. The molecule has 5 nitrogen and oxygen atoms in total. The Hall–Kier alpha value is -1.89. The van der Waals surface area contributed by atoms with Crippen LogP contribution in [0.3, 0.4) is 0 Å². The normalized spacial score (nSPS) is 12.4. The molecule has 0 saturated heterocycles. The number of nitrogens with zero attached hydrogens (tertiary/aromatic N) is 3. The number of aromatic nitrogens is 3. The Morgan fingerprint density at radius 3 is 2.58 bits per heavy atom. The molecule has 0 aliphatic rings. The predicted octanol–water partition coefficient (Wildman–Crippen LogP) is 1.59. The van der Waals surface area contributed by atoms with Gasteiger partial charge in [-0.3, -0.25) is 4.79 Å². The highest BCUT2D eigenvalue weighted by Crippen LogP contribution is 2.25.